The first-order chi connectivity index (χ1) is 9.64. The maximum atomic E-state index is 3.73. The number of hydrogen-bond acceptors (Lipinski definition) is 2. The number of hydrogen-bond donors (Lipinski definition) is 2. The fourth-order valence-corrected chi connectivity index (χ4v) is 3.19. The van der Waals surface area contributed by atoms with Crippen molar-refractivity contribution in [1.82, 2.24) is 15.2 Å². The van der Waals surface area contributed by atoms with Gasteiger partial charge in [-0.25, -0.2) is 0 Å². The molecule has 20 heavy (non-hydrogen) atoms. The van der Waals surface area contributed by atoms with Gasteiger partial charge in [0.1, 0.15) is 0 Å². The van der Waals surface area contributed by atoms with Crippen molar-refractivity contribution in [2.45, 2.75) is 38.8 Å². The second-order valence-corrected chi connectivity index (χ2v) is 6.58. The van der Waals surface area contributed by atoms with Crippen LogP contribution in [0.2, 0.25) is 0 Å². The second kappa shape index (κ2) is 5.58. The molecule has 1 aromatic carbocycles. The number of likely N-dealkylation sites (tertiary alicyclic amines) is 1. The molecule has 2 heterocycles. The van der Waals surface area contributed by atoms with Crippen molar-refractivity contribution >= 4 is 10.9 Å². The molecule has 0 spiro atoms. The molecule has 1 saturated heterocycles. The van der Waals surface area contributed by atoms with Crippen LogP contribution in [0.25, 0.3) is 10.9 Å². The Morgan fingerprint density at radius 1 is 1.20 bits per heavy atom. The zero-order chi connectivity index (χ0) is 14.0. The highest BCUT2D eigenvalue weighted by Crippen LogP contribution is 2.19. The van der Waals surface area contributed by atoms with Crippen LogP contribution in [0.1, 0.15) is 32.3 Å². The second-order valence-electron chi connectivity index (χ2n) is 6.58. The third-order valence-electron chi connectivity index (χ3n) is 4.26. The maximum absolute atomic E-state index is 3.73. The maximum Gasteiger partial charge on any atom is 0.0457 e. The fourth-order valence-electron chi connectivity index (χ4n) is 3.19. The standard InChI is InChI=1S/C17H25N3/c1-17(2,13-20-10-3-4-11-20)19-12-14-6-5-7-16-15(14)8-9-18-16/h5-9,18-19H,3-4,10-13H2,1-2H3. The molecule has 0 atom stereocenters. The van der Waals surface area contributed by atoms with Crippen molar-refractivity contribution < 1.29 is 0 Å². The summed E-state index contributed by atoms with van der Waals surface area (Å²) in [7, 11) is 0. The molecule has 2 aromatic rings. The number of nitrogens with one attached hydrogen (secondary N) is 2. The molecule has 0 amide bonds. The highest BCUT2D eigenvalue weighted by Gasteiger charge is 2.23. The molecule has 108 valence electrons. The Kier molecular flexibility index (Phi) is 3.81. The molecule has 0 unspecified atom stereocenters. The fraction of sp³-hybridized carbons (Fsp3) is 0.529. The van der Waals surface area contributed by atoms with Gasteiger partial charge in [-0.15, -0.1) is 0 Å². The first-order valence-electron chi connectivity index (χ1n) is 7.66. The molecular weight excluding hydrogens is 246 g/mol. The molecule has 0 bridgehead atoms. The van der Waals surface area contributed by atoms with E-state index in [0.717, 1.165) is 13.1 Å². The van der Waals surface area contributed by atoms with Crippen LogP contribution >= 0.6 is 0 Å². The Morgan fingerprint density at radius 2 is 2.00 bits per heavy atom. The van der Waals surface area contributed by atoms with Crippen LogP contribution in [0.5, 0.6) is 0 Å². The first-order valence-corrected chi connectivity index (χ1v) is 7.66. The van der Waals surface area contributed by atoms with Gasteiger partial charge in [-0.05, 0) is 57.5 Å². The quantitative estimate of drug-likeness (QED) is 0.875. The van der Waals surface area contributed by atoms with Crippen LogP contribution in [0.3, 0.4) is 0 Å². The minimum absolute atomic E-state index is 0.156. The summed E-state index contributed by atoms with van der Waals surface area (Å²) in [6, 6.07) is 8.65. The average Bonchev–Trinajstić information content (AvgIpc) is 3.06. The van der Waals surface area contributed by atoms with Gasteiger partial charge in [-0.2, -0.15) is 0 Å². The van der Waals surface area contributed by atoms with Gasteiger partial charge in [-0.3, -0.25) is 0 Å². The van der Waals surface area contributed by atoms with E-state index in [0.29, 0.717) is 0 Å². The number of aromatic nitrogens is 1. The van der Waals surface area contributed by atoms with Gasteiger partial charge in [0.2, 0.25) is 0 Å². The van der Waals surface area contributed by atoms with Crippen molar-refractivity contribution in [3.8, 4) is 0 Å². The first kappa shape index (κ1) is 13.7. The largest absolute Gasteiger partial charge is 0.361 e. The third-order valence-corrected chi connectivity index (χ3v) is 4.26. The van der Waals surface area contributed by atoms with E-state index < -0.39 is 0 Å². The molecule has 0 saturated carbocycles. The summed E-state index contributed by atoms with van der Waals surface area (Å²) in [6.45, 7) is 9.20. The van der Waals surface area contributed by atoms with Gasteiger partial charge >= 0.3 is 0 Å². The summed E-state index contributed by atoms with van der Waals surface area (Å²) in [5.41, 5.74) is 2.75. The van der Waals surface area contributed by atoms with Crippen molar-refractivity contribution in [3.63, 3.8) is 0 Å². The zero-order valence-electron chi connectivity index (χ0n) is 12.6. The molecule has 3 heteroatoms. The highest BCUT2D eigenvalue weighted by atomic mass is 15.2. The summed E-state index contributed by atoms with van der Waals surface area (Å²) in [5.74, 6) is 0. The van der Waals surface area contributed by atoms with Gasteiger partial charge in [0.05, 0.1) is 0 Å². The molecule has 1 aliphatic rings. The predicted octanol–water partition coefficient (Wildman–Crippen LogP) is 3.13. The summed E-state index contributed by atoms with van der Waals surface area (Å²) in [4.78, 5) is 5.85. The van der Waals surface area contributed by atoms with Crippen LogP contribution < -0.4 is 5.32 Å². The van der Waals surface area contributed by atoms with E-state index in [1.165, 1.54) is 42.4 Å². The molecule has 0 aliphatic carbocycles. The number of fused-ring (bicyclic) bond motifs is 1. The molecule has 1 fully saturated rings. The normalized spacial score (nSPS) is 17.1. The SMILES string of the molecule is CC(C)(CN1CCCC1)NCc1cccc2[nH]ccc12. The van der Waals surface area contributed by atoms with Crippen LogP contribution in [0, 0.1) is 0 Å². The van der Waals surface area contributed by atoms with Gasteiger partial charge in [0.15, 0.2) is 0 Å². The van der Waals surface area contributed by atoms with E-state index in [1.54, 1.807) is 0 Å². The lowest BCUT2D eigenvalue weighted by Gasteiger charge is -2.31. The molecule has 3 rings (SSSR count). The van der Waals surface area contributed by atoms with E-state index >= 15 is 0 Å². The summed E-state index contributed by atoms with van der Waals surface area (Å²) < 4.78 is 0. The minimum atomic E-state index is 0.156. The molecule has 1 aromatic heterocycles. The Balaban J connectivity index is 1.64. The lowest BCUT2D eigenvalue weighted by molar-refractivity contribution is 0.234. The van der Waals surface area contributed by atoms with Gasteiger partial charge in [-0.1, -0.05) is 12.1 Å². The smallest absolute Gasteiger partial charge is 0.0457 e. The predicted molar refractivity (Wildman–Crippen MR) is 84.9 cm³/mol. The van der Waals surface area contributed by atoms with E-state index in [2.05, 4.69) is 53.3 Å². The van der Waals surface area contributed by atoms with Crippen molar-refractivity contribution in [1.29, 1.82) is 0 Å². The number of nitrogens with zero attached hydrogens (tertiary/aromatic N) is 1. The molecule has 3 nitrogen and oxygen atoms in total. The third kappa shape index (κ3) is 3.05. The van der Waals surface area contributed by atoms with Crippen LogP contribution in [0.15, 0.2) is 30.5 Å². The zero-order valence-corrected chi connectivity index (χ0v) is 12.6. The molecule has 2 N–H and O–H groups in total. The van der Waals surface area contributed by atoms with Crippen molar-refractivity contribution in [2.24, 2.45) is 0 Å². The lowest BCUT2D eigenvalue weighted by Crippen LogP contribution is -2.48. The van der Waals surface area contributed by atoms with Gasteiger partial charge in [0.25, 0.3) is 0 Å². The Bertz CT molecular complexity index is 564. The minimum Gasteiger partial charge on any atom is -0.361 e. The summed E-state index contributed by atoms with van der Waals surface area (Å²) >= 11 is 0. The topological polar surface area (TPSA) is 31.1 Å². The van der Waals surface area contributed by atoms with Crippen LogP contribution in [0.4, 0.5) is 0 Å². The molecule has 0 radical (unpaired) electrons. The van der Waals surface area contributed by atoms with E-state index in [-0.39, 0.29) is 5.54 Å². The van der Waals surface area contributed by atoms with Gasteiger partial charge in [0, 0.05) is 35.7 Å². The molecule has 1 aliphatic heterocycles. The van der Waals surface area contributed by atoms with Gasteiger partial charge < -0.3 is 15.2 Å². The number of H-pyrrole nitrogens is 1. The van der Waals surface area contributed by atoms with Crippen LogP contribution in [-0.4, -0.2) is 35.1 Å². The number of benzene rings is 1. The number of aromatic amines is 1. The Hall–Kier alpha value is -1.32. The van der Waals surface area contributed by atoms with Crippen LogP contribution in [-0.2, 0) is 6.54 Å². The van der Waals surface area contributed by atoms with Crippen molar-refractivity contribution in [2.75, 3.05) is 19.6 Å². The Labute approximate surface area is 121 Å². The number of rotatable bonds is 5. The van der Waals surface area contributed by atoms with E-state index in [1.807, 2.05) is 6.20 Å². The summed E-state index contributed by atoms with van der Waals surface area (Å²) in [5, 5.41) is 5.06. The van der Waals surface area contributed by atoms with E-state index in [9.17, 15) is 0 Å². The van der Waals surface area contributed by atoms with E-state index in [4.69, 9.17) is 0 Å². The highest BCUT2D eigenvalue weighted by molar-refractivity contribution is 5.82. The summed E-state index contributed by atoms with van der Waals surface area (Å²) in [6.07, 6.45) is 4.74. The monoisotopic (exact) mass is 271 g/mol. The molecular formula is C17H25N3. The lowest BCUT2D eigenvalue weighted by atomic mass is 10.0. The van der Waals surface area contributed by atoms with Crippen molar-refractivity contribution in [3.05, 3.63) is 36.0 Å². The Morgan fingerprint density at radius 3 is 2.80 bits per heavy atom. The average molecular weight is 271 g/mol.